The van der Waals surface area contributed by atoms with E-state index in [1.165, 1.54) is 13.3 Å². The zero-order valence-corrected chi connectivity index (χ0v) is 12.4. The van der Waals surface area contributed by atoms with Crippen LogP contribution in [0.5, 0.6) is 0 Å². The molecular weight excluding hydrogens is 242 g/mol. The standard InChI is InChI=1S/C14H23N3O2/c1-6-14(7-2,8-3)17-12-11(13(18)19-5)9-15-10(4)16-12/h9H,6-8H2,1-5H3,(H,15,16,17). The Morgan fingerprint density at radius 3 is 2.37 bits per heavy atom. The van der Waals surface area contributed by atoms with Gasteiger partial charge in [-0.3, -0.25) is 0 Å². The Bertz CT molecular complexity index is 434. The van der Waals surface area contributed by atoms with Gasteiger partial charge in [0, 0.05) is 11.7 Å². The highest BCUT2D eigenvalue weighted by Gasteiger charge is 2.26. The maximum absolute atomic E-state index is 11.8. The zero-order chi connectivity index (χ0) is 14.5. The minimum atomic E-state index is -0.417. The van der Waals surface area contributed by atoms with Crippen molar-refractivity contribution in [1.29, 1.82) is 0 Å². The second-order valence-electron chi connectivity index (χ2n) is 4.64. The second-order valence-corrected chi connectivity index (χ2v) is 4.64. The van der Waals surface area contributed by atoms with Crippen LogP contribution in [-0.4, -0.2) is 28.6 Å². The van der Waals surface area contributed by atoms with Gasteiger partial charge in [0.1, 0.15) is 17.2 Å². The number of aromatic nitrogens is 2. The van der Waals surface area contributed by atoms with E-state index in [-0.39, 0.29) is 5.54 Å². The first-order chi connectivity index (χ1) is 9.01. The molecule has 19 heavy (non-hydrogen) atoms. The molecule has 0 unspecified atom stereocenters. The molecule has 0 saturated heterocycles. The first kappa shape index (κ1) is 15.4. The fourth-order valence-electron chi connectivity index (χ4n) is 2.09. The number of hydrogen-bond donors (Lipinski definition) is 1. The van der Waals surface area contributed by atoms with Crippen molar-refractivity contribution in [2.45, 2.75) is 52.5 Å². The normalized spacial score (nSPS) is 11.2. The Kier molecular flexibility index (Phi) is 5.27. The molecule has 1 heterocycles. The average molecular weight is 265 g/mol. The molecule has 0 atom stereocenters. The molecule has 106 valence electrons. The maximum atomic E-state index is 11.8. The molecule has 0 aliphatic carbocycles. The van der Waals surface area contributed by atoms with Gasteiger partial charge in [0.25, 0.3) is 0 Å². The zero-order valence-electron chi connectivity index (χ0n) is 12.4. The number of esters is 1. The van der Waals surface area contributed by atoms with E-state index in [1.54, 1.807) is 6.92 Å². The molecule has 1 N–H and O–H groups in total. The van der Waals surface area contributed by atoms with Crippen LogP contribution in [0, 0.1) is 6.92 Å². The predicted molar refractivity (Wildman–Crippen MR) is 75.3 cm³/mol. The van der Waals surface area contributed by atoms with Gasteiger partial charge in [-0.2, -0.15) is 0 Å². The summed E-state index contributed by atoms with van der Waals surface area (Å²) in [6.07, 6.45) is 4.40. The number of nitrogens with one attached hydrogen (secondary N) is 1. The molecule has 5 nitrogen and oxygen atoms in total. The number of carbonyl (C=O) groups is 1. The summed E-state index contributed by atoms with van der Waals surface area (Å²) in [5.74, 6) is 0.775. The van der Waals surface area contributed by atoms with Gasteiger partial charge in [0.2, 0.25) is 0 Å². The number of hydrogen-bond acceptors (Lipinski definition) is 5. The van der Waals surface area contributed by atoms with Crippen LogP contribution in [0.3, 0.4) is 0 Å². The summed E-state index contributed by atoms with van der Waals surface area (Å²) in [5, 5.41) is 3.41. The lowest BCUT2D eigenvalue weighted by molar-refractivity contribution is 0.0600. The van der Waals surface area contributed by atoms with Crippen LogP contribution in [0.15, 0.2) is 6.20 Å². The van der Waals surface area contributed by atoms with E-state index >= 15 is 0 Å². The summed E-state index contributed by atoms with van der Waals surface area (Å²) in [6, 6.07) is 0. The van der Waals surface area contributed by atoms with Crippen LogP contribution in [0.2, 0.25) is 0 Å². The Labute approximate surface area is 114 Å². The van der Waals surface area contributed by atoms with Gasteiger partial charge in [-0.1, -0.05) is 20.8 Å². The van der Waals surface area contributed by atoms with Crippen LogP contribution >= 0.6 is 0 Å². The molecule has 5 heteroatoms. The van der Waals surface area contributed by atoms with Crippen molar-refractivity contribution in [3.8, 4) is 0 Å². The number of nitrogens with zero attached hydrogens (tertiary/aromatic N) is 2. The lowest BCUT2D eigenvalue weighted by atomic mass is 9.89. The van der Waals surface area contributed by atoms with Crippen molar-refractivity contribution in [2.24, 2.45) is 0 Å². The Morgan fingerprint density at radius 2 is 1.89 bits per heavy atom. The van der Waals surface area contributed by atoms with Gasteiger partial charge >= 0.3 is 5.97 Å². The van der Waals surface area contributed by atoms with Crippen molar-refractivity contribution in [2.75, 3.05) is 12.4 Å². The largest absolute Gasteiger partial charge is 0.465 e. The van der Waals surface area contributed by atoms with Crippen LogP contribution in [0.25, 0.3) is 0 Å². The maximum Gasteiger partial charge on any atom is 0.343 e. The number of ether oxygens (including phenoxy) is 1. The van der Waals surface area contributed by atoms with Gasteiger partial charge < -0.3 is 10.1 Å². The number of rotatable bonds is 6. The minimum Gasteiger partial charge on any atom is -0.465 e. The van der Waals surface area contributed by atoms with Crippen LogP contribution in [0.4, 0.5) is 5.82 Å². The molecule has 1 aromatic heterocycles. The topological polar surface area (TPSA) is 64.1 Å². The van der Waals surface area contributed by atoms with Crippen LogP contribution < -0.4 is 5.32 Å². The molecule has 0 radical (unpaired) electrons. The van der Waals surface area contributed by atoms with Crippen molar-refractivity contribution < 1.29 is 9.53 Å². The fourth-order valence-corrected chi connectivity index (χ4v) is 2.09. The molecule has 1 aromatic rings. The summed E-state index contributed by atoms with van der Waals surface area (Å²) in [6.45, 7) is 8.20. The highest BCUT2D eigenvalue weighted by Crippen LogP contribution is 2.26. The van der Waals surface area contributed by atoms with E-state index < -0.39 is 5.97 Å². The number of carbonyl (C=O) groups excluding carboxylic acids is 1. The first-order valence-corrected chi connectivity index (χ1v) is 6.72. The molecule has 0 saturated carbocycles. The SMILES string of the molecule is CCC(CC)(CC)Nc1nc(C)ncc1C(=O)OC. The fraction of sp³-hybridized carbons (Fsp3) is 0.643. The summed E-state index contributed by atoms with van der Waals surface area (Å²) in [7, 11) is 1.36. The summed E-state index contributed by atoms with van der Waals surface area (Å²) < 4.78 is 4.77. The highest BCUT2D eigenvalue weighted by molar-refractivity contribution is 5.94. The minimum absolute atomic E-state index is 0.0520. The Balaban J connectivity index is 3.17. The number of methoxy groups -OCH3 is 1. The van der Waals surface area contributed by atoms with E-state index in [9.17, 15) is 4.79 Å². The monoisotopic (exact) mass is 265 g/mol. The summed E-state index contributed by atoms with van der Waals surface area (Å²) >= 11 is 0. The number of aryl methyl sites for hydroxylation is 1. The molecule has 0 bridgehead atoms. The van der Waals surface area contributed by atoms with E-state index in [0.717, 1.165) is 19.3 Å². The third kappa shape index (κ3) is 3.43. The third-order valence-corrected chi connectivity index (χ3v) is 3.73. The highest BCUT2D eigenvalue weighted by atomic mass is 16.5. The lowest BCUT2D eigenvalue weighted by Gasteiger charge is -2.33. The third-order valence-electron chi connectivity index (χ3n) is 3.73. The lowest BCUT2D eigenvalue weighted by Crippen LogP contribution is -2.37. The Hall–Kier alpha value is -1.65. The number of anilines is 1. The van der Waals surface area contributed by atoms with Crippen molar-refractivity contribution in [1.82, 2.24) is 9.97 Å². The van der Waals surface area contributed by atoms with Gasteiger partial charge in [0.05, 0.1) is 7.11 Å². The van der Waals surface area contributed by atoms with Crippen molar-refractivity contribution in [3.05, 3.63) is 17.6 Å². The van der Waals surface area contributed by atoms with E-state index in [1.807, 2.05) is 0 Å². The first-order valence-electron chi connectivity index (χ1n) is 6.72. The smallest absolute Gasteiger partial charge is 0.343 e. The molecule has 0 spiro atoms. The van der Waals surface area contributed by atoms with Crippen molar-refractivity contribution in [3.63, 3.8) is 0 Å². The summed E-state index contributed by atoms with van der Waals surface area (Å²) in [4.78, 5) is 20.2. The summed E-state index contributed by atoms with van der Waals surface area (Å²) in [5.41, 5.74) is 0.330. The van der Waals surface area contributed by atoms with Crippen molar-refractivity contribution >= 4 is 11.8 Å². The molecule has 0 aliphatic rings. The van der Waals surface area contributed by atoms with Gasteiger partial charge in [-0.05, 0) is 26.2 Å². The molecule has 0 fully saturated rings. The second kappa shape index (κ2) is 6.50. The molecular formula is C14H23N3O2. The molecule has 0 amide bonds. The van der Waals surface area contributed by atoms with E-state index in [4.69, 9.17) is 4.74 Å². The van der Waals surface area contributed by atoms with Gasteiger partial charge in [-0.25, -0.2) is 14.8 Å². The van der Waals surface area contributed by atoms with E-state index in [2.05, 4.69) is 36.1 Å². The molecule has 1 rings (SSSR count). The van der Waals surface area contributed by atoms with Crippen LogP contribution in [-0.2, 0) is 4.74 Å². The quantitative estimate of drug-likeness (QED) is 0.801. The molecule has 0 aliphatic heterocycles. The molecule has 0 aromatic carbocycles. The predicted octanol–water partition coefficient (Wildman–Crippen LogP) is 2.95. The Morgan fingerprint density at radius 1 is 1.32 bits per heavy atom. The van der Waals surface area contributed by atoms with Gasteiger partial charge in [0.15, 0.2) is 0 Å². The van der Waals surface area contributed by atoms with Gasteiger partial charge in [-0.15, -0.1) is 0 Å². The van der Waals surface area contributed by atoms with Crippen LogP contribution in [0.1, 0.15) is 56.2 Å². The van der Waals surface area contributed by atoms with E-state index in [0.29, 0.717) is 17.2 Å². The average Bonchev–Trinajstić information content (AvgIpc) is 2.44.